The minimum atomic E-state index is -9.46. The van der Waals surface area contributed by atoms with Crippen LogP contribution in [0.2, 0.25) is 0 Å². The van der Waals surface area contributed by atoms with Crippen LogP contribution in [0, 0.1) is 0 Å². The molecule has 1 unspecified atom stereocenters. The average Bonchev–Trinajstić information content (AvgIpc) is 2.62. The van der Waals surface area contributed by atoms with Crippen molar-refractivity contribution in [3.63, 3.8) is 0 Å². The van der Waals surface area contributed by atoms with E-state index in [4.69, 9.17) is 0 Å². The van der Waals surface area contributed by atoms with Gasteiger partial charge in [-0.2, -0.15) is 105 Å². The molecule has 0 saturated heterocycles. The number of hydrogen-bond acceptors (Lipinski definition) is 1. The Labute approximate surface area is 193 Å². The van der Waals surface area contributed by atoms with E-state index < -0.39 is 77.4 Å². The molecule has 0 radical (unpaired) electrons. The molecule has 0 aliphatic heterocycles. The van der Waals surface area contributed by atoms with Gasteiger partial charge in [0, 0.05) is 0 Å². The van der Waals surface area contributed by atoms with Gasteiger partial charge in [0.1, 0.15) is 0 Å². The van der Waals surface area contributed by atoms with Crippen molar-refractivity contribution in [2.75, 3.05) is 0 Å². The second-order valence-corrected chi connectivity index (χ2v) is 6.79. The molecular weight excluding hydrogens is 652 g/mol. The first kappa shape index (κ1) is 37.1. The zero-order valence-electron chi connectivity index (χ0n) is 16.4. The summed E-state index contributed by atoms with van der Waals surface area (Å²) in [4.78, 5) is -5.57. The lowest BCUT2D eigenvalue weighted by atomic mass is 9.97. The summed E-state index contributed by atoms with van der Waals surface area (Å²) in [5.74, 6) is -36.2. The van der Waals surface area contributed by atoms with Crippen LogP contribution < -0.4 is 0 Å². The number of rotatable bonds is 8. The van der Waals surface area contributed by atoms with Gasteiger partial charge in [0.15, 0.2) is 0 Å². The highest BCUT2D eigenvalue weighted by Crippen LogP contribution is 2.63. The molecule has 0 aromatic carbocycles. The Kier molecular flexibility index (Phi) is 8.64. The quantitative estimate of drug-likeness (QED) is 0.189. The smallest absolute Gasteiger partial charge is 0.225 e. The summed E-state index contributed by atoms with van der Waals surface area (Å²) in [5.41, 5.74) is -8.81. The van der Waals surface area contributed by atoms with Crippen molar-refractivity contribution in [1.82, 2.24) is 4.90 Å². The molecule has 0 bridgehead atoms. The van der Waals surface area contributed by atoms with Crippen molar-refractivity contribution in [3.05, 3.63) is 0 Å². The Morgan fingerprint density at radius 2 is 0.513 bits per heavy atom. The molecule has 0 saturated carbocycles. The molecule has 0 aromatic rings. The molecule has 1 nitrogen and oxygen atoms in total. The predicted molar refractivity (Wildman–Crippen MR) is 64.5 cm³/mol. The Hall–Kier alpha value is -1.86. The van der Waals surface area contributed by atoms with Gasteiger partial charge in [0.2, 0.25) is 6.30 Å². The van der Waals surface area contributed by atoms with E-state index in [0.717, 1.165) is 0 Å². The van der Waals surface area contributed by atoms with Crippen LogP contribution in [0.25, 0.3) is 0 Å². The second-order valence-electron chi connectivity index (χ2n) is 6.79. The SMILES string of the molecule is FC(N(C(F)(F)C(F)(F)C(F)(F)C(F)(F)F)C(F)(F)C(F)(F)C(F)(F)C(F)(F)F)C(F)(C(F)(F)F)C(F)(F)F. The van der Waals surface area contributed by atoms with Crippen LogP contribution >= 0.6 is 0 Å². The molecule has 0 spiro atoms. The summed E-state index contributed by atoms with van der Waals surface area (Å²) in [6, 6.07) is -18.9. The van der Waals surface area contributed by atoms with Gasteiger partial charge in [-0.1, -0.05) is 0 Å². The van der Waals surface area contributed by atoms with Crippen LogP contribution in [0.1, 0.15) is 0 Å². The van der Waals surface area contributed by atoms with E-state index in [-0.39, 0.29) is 0 Å². The van der Waals surface area contributed by atoms with E-state index in [2.05, 4.69) is 0 Å². The third-order valence-corrected chi connectivity index (χ3v) is 4.24. The zero-order valence-corrected chi connectivity index (χ0v) is 16.4. The maximum absolute atomic E-state index is 14.0. The number of halogens is 26. The van der Waals surface area contributed by atoms with Crippen LogP contribution in [-0.4, -0.2) is 77.4 Å². The van der Waals surface area contributed by atoms with Crippen LogP contribution in [0.4, 0.5) is 114 Å². The summed E-state index contributed by atoms with van der Waals surface area (Å²) in [5, 5.41) is 0. The van der Waals surface area contributed by atoms with Crippen LogP contribution in [0.3, 0.4) is 0 Å². The fourth-order valence-corrected chi connectivity index (χ4v) is 2.11. The molecule has 0 aliphatic carbocycles. The van der Waals surface area contributed by atoms with Crippen molar-refractivity contribution in [3.8, 4) is 0 Å². The van der Waals surface area contributed by atoms with Crippen molar-refractivity contribution in [2.24, 2.45) is 0 Å². The molecule has 0 aliphatic rings. The lowest BCUT2D eigenvalue weighted by molar-refractivity contribution is -0.496. The lowest BCUT2D eigenvalue weighted by Crippen LogP contribution is -2.79. The number of alkyl halides is 26. The molecule has 27 heteroatoms. The molecule has 236 valence electrons. The Morgan fingerprint density at radius 3 is 0.667 bits per heavy atom. The second kappa shape index (κ2) is 9.07. The van der Waals surface area contributed by atoms with E-state index in [1.54, 1.807) is 0 Å². The summed E-state index contributed by atoms with van der Waals surface area (Å²) in [6.07, 6.45) is -41.7. The van der Waals surface area contributed by atoms with Gasteiger partial charge in [-0.05, 0) is 0 Å². The molecular formula is C12HF26N. The van der Waals surface area contributed by atoms with E-state index in [9.17, 15) is 114 Å². The predicted octanol–water partition coefficient (Wildman–Crippen LogP) is 8.27. The van der Waals surface area contributed by atoms with Crippen molar-refractivity contribution in [1.29, 1.82) is 0 Å². The maximum Gasteiger partial charge on any atom is 0.460 e. The number of hydrogen-bond donors (Lipinski definition) is 0. The molecule has 0 N–H and O–H groups in total. The summed E-state index contributed by atoms with van der Waals surface area (Å²) < 4.78 is 336. The Bertz CT molecular complexity index is 801. The van der Waals surface area contributed by atoms with Gasteiger partial charge in [0.05, 0.1) is 0 Å². The molecule has 0 aromatic heterocycles. The first-order valence-corrected chi connectivity index (χ1v) is 7.94. The van der Waals surface area contributed by atoms with Gasteiger partial charge in [-0.15, -0.1) is 4.90 Å². The van der Waals surface area contributed by atoms with Gasteiger partial charge in [0.25, 0.3) is 0 Å². The van der Waals surface area contributed by atoms with Gasteiger partial charge in [-0.25, -0.2) is 8.78 Å². The fourth-order valence-electron chi connectivity index (χ4n) is 2.11. The third kappa shape index (κ3) is 4.96. The normalized spacial score (nSPS) is 17.6. The van der Waals surface area contributed by atoms with E-state index >= 15 is 0 Å². The lowest BCUT2D eigenvalue weighted by Gasteiger charge is -2.48. The largest absolute Gasteiger partial charge is 0.460 e. The summed E-state index contributed by atoms with van der Waals surface area (Å²) in [6.45, 7) is 0. The van der Waals surface area contributed by atoms with Crippen LogP contribution in [0.5, 0.6) is 0 Å². The first-order valence-electron chi connectivity index (χ1n) is 7.94. The topological polar surface area (TPSA) is 3.24 Å². The maximum atomic E-state index is 14.0. The standard InChI is InChI=1S/C12HF26N/c13-1(2(14,7(23,24)25)8(26,27)28)39(11(35,36)5(19,20)3(15,16)9(29,30)31)12(37,38)6(21,22)4(17,18)10(32,33)34/h1H. The van der Waals surface area contributed by atoms with Crippen molar-refractivity contribution < 1.29 is 114 Å². The molecule has 0 rings (SSSR count). The zero-order chi connectivity index (χ0) is 32.7. The molecule has 0 heterocycles. The average molecular weight is 653 g/mol. The van der Waals surface area contributed by atoms with Crippen molar-refractivity contribution in [2.45, 2.75) is 72.5 Å². The summed E-state index contributed by atoms with van der Waals surface area (Å²) in [7, 11) is 0. The van der Waals surface area contributed by atoms with E-state index in [1.807, 2.05) is 0 Å². The highest BCUT2D eigenvalue weighted by molar-refractivity contribution is 5.11. The Balaban J connectivity index is 8.11. The van der Waals surface area contributed by atoms with Crippen molar-refractivity contribution >= 4 is 0 Å². The number of nitrogens with zero attached hydrogens (tertiary/aromatic N) is 1. The highest BCUT2D eigenvalue weighted by Gasteiger charge is 2.93. The van der Waals surface area contributed by atoms with Crippen LogP contribution in [0.15, 0.2) is 0 Å². The van der Waals surface area contributed by atoms with Gasteiger partial charge >= 0.3 is 66.2 Å². The van der Waals surface area contributed by atoms with Crippen LogP contribution in [-0.2, 0) is 0 Å². The molecule has 39 heavy (non-hydrogen) atoms. The molecule has 0 amide bonds. The Morgan fingerprint density at radius 1 is 0.308 bits per heavy atom. The van der Waals surface area contributed by atoms with E-state index in [1.165, 1.54) is 0 Å². The van der Waals surface area contributed by atoms with E-state index in [0.29, 0.717) is 0 Å². The summed E-state index contributed by atoms with van der Waals surface area (Å²) >= 11 is 0. The van der Waals surface area contributed by atoms with Gasteiger partial charge < -0.3 is 0 Å². The third-order valence-electron chi connectivity index (χ3n) is 4.24. The fraction of sp³-hybridized carbons (Fsp3) is 1.00. The first-order chi connectivity index (χ1) is 16.3. The highest BCUT2D eigenvalue weighted by atomic mass is 19.5. The van der Waals surface area contributed by atoms with Gasteiger partial charge in [-0.3, -0.25) is 0 Å². The molecule has 1 atom stereocenters. The minimum Gasteiger partial charge on any atom is -0.225 e. The molecule has 0 fully saturated rings. The minimum absolute atomic E-state index is 5.57. The monoisotopic (exact) mass is 653 g/mol.